The first-order valence-electron chi connectivity index (χ1n) is 7.62. The van der Waals surface area contributed by atoms with Crippen molar-refractivity contribution in [2.24, 2.45) is 0 Å². The molecular weight excluding hydrogens is 381 g/mol. The minimum atomic E-state index is -3.33. The lowest BCUT2D eigenvalue weighted by Gasteiger charge is -2.21. The van der Waals surface area contributed by atoms with Crippen LogP contribution in [0.15, 0.2) is 41.3 Å². The molecule has 0 aromatic heterocycles. The molecule has 0 aliphatic carbocycles. The van der Waals surface area contributed by atoms with E-state index in [-0.39, 0.29) is 11.2 Å². The van der Waals surface area contributed by atoms with Gasteiger partial charge in [-0.1, -0.05) is 50.6 Å². The smallest absolute Gasteiger partial charge is 0.212 e. The van der Waals surface area contributed by atoms with E-state index in [9.17, 15) is 8.42 Å². The molecule has 0 radical (unpaired) electrons. The monoisotopic (exact) mass is 401 g/mol. The summed E-state index contributed by atoms with van der Waals surface area (Å²) in [6, 6.07) is 10.3. The third kappa shape index (κ3) is 4.76. The highest BCUT2D eigenvalue weighted by Gasteiger charge is 2.22. The molecule has 0 saturated carbocycles. The summed E-state index contributed by atoms with van der Waals surface area (Å²) in [4.78, 5) is 0.660. The zero-order chi connectivity index (χ0) is 19.0. The molecule has 0 amide bonds. The summed E-state index contributed by atoms with van der Waals surface area (Å²) in [5.41, 5.74) is 1.21. The van der Waals surface area contributed by atoms with E-state index < -0.39 is 10.0 Å². The largest absolute Gasteiger partial charge is 0.220 e. The number of hydrogen-bond donors (Lipinski definition) is 0. The first-order chi connectivity index (χ1) is 11.4. The molecular formula is C18H21ClFNO2S2. The Balaban J connectivity index is 2.52. The van der Waals surface area contributed by atoms with Crippen LogP contribution < -0.4 is 0 Å². The Bertz CT molecular complexity index is 892. The van der Waals surface area contributed by atoms with Crippen molar-refractivity contribution >= 4 is 33.6 Å². The van der Waals surface area contributed by atoms with Crippen LogP contribution in [-0.4, -0.2) is 25.4 Å². The molecule has 0 N–H and O–H groups in total. The van der Waals surface area contributed by atoms with Gasteiger partial charge in [0, 0.05) is 28.1 Å². The molecule has 0 heterocycles. The van der Waals surface area contributed by atoms with Gasteiger partial charge in [-0.15, -0.1) is 3.71 Å². The average molecular weight is 402 g/mol. The lowest BCUT2D eigenvalue weighted by molar-refractivity contribution is 0.525. The molecule has 0 bridgehead atoms. The number of halogens is 2. The van der Waals surface area contributed by atoms with Crippen molar-refractivity contribution in [2.75, 3.05) is 13.3 Å². The fourth-order valence-electron chi connectivity index (χ4n) is 2.30. The molecule has 0 saturated heterocycles. The van der Waals surface area contributed by atoms with Crippen molar-refractivity contribution in [1.29, 1.82) is 0 Å². The van der Waals surface area contributed by atoms with Crippen LogP contribution in [0.2, 0.25) is 5.02 Å². The van der Waals surface area contributed by atoms with Gasteiger partial charge in [0.05, 0.1) is 6.26 Å². The van der Waals surface area contributed by atoms with Gasteiger partial charge >= 0.3 is 0 Å². The number of benzene rings is 2. The zero-order valence-electron chi connectivity index (χ0n) is 14.8. The second-order valence-corrected chi connectivity index (χ2v) is 10.7. The normalized spacial score (nSPS) is 12.6. The lowest BCUT2D eigenvalue weighted by atomic mass is 9.85. The summed E-state index contributed by atoms with van der Waals surface area (Å²) in [6.45, 7) is 5.85. The topological polar surface area (TPSA) is 37.4 Å². The summed E-state index contributed by atoms with van der Waals surface area (Å²) >= 11 is 7.34. The van der Waals surface area contributed by atoms with Gasteiger partial charge in [0.1, 0.15) is 5.82 Å². The van der Waals surface area contributed by atoms with Gasteiger partial charge in [-0.05, 0) is 41.1 Å². The quantitative estimate of drug-likeness (QED) is 0.648. The van der Waals surface area contributed by atoms with Crippen molar-refractivity contribution in [3.8, 4) is 11.1 Å². The Morgan fingerprint density at radius 1 is 1.12 bits per heavy atom. The molecule has 2 aromatic carbocycles. The van der Waals surface area contributed by atoms with Crippen LogP contribution >= 0.6 is 23.5 Å². The molecule has 0 unspecified atom stereocenters. The second kappa shape index (κ2) is 7.27. The van der Waals surface area contributed by atoms with Crippen LogP contribution in [-0.2, 0) is 15.4 Å². The molecule has 0 aliphatic heterocycles. The van der Waals surface area contributed by atoms with Gasteiger partial charge < -0.3 is 0 Å². The Kier molecular flexibility index (Phi) is 5.88. The molecule has 0 aliphatic rings. The van der Waals surface area contributed by atoms with E-state index in [0.717, 1.165) is 21.9 Å². The minimum Gasteiger partial charge on any atom is -0.212 e. The first-order valence-corrected chi connectivity index (χ1v) is 10.6. The van der Waals surface area contributed by atoms with Crippen molar-refractivity contribution in [2.45, 2.75) is 31.1 Å². The molecule has 2 aromatic rings. The van der Waals surface area contributed by atoms with E-state index in [2.05, 4.69) is 0 Å². The first kappa shape index (κ1) is 20.2. The van der Waals surface area contributed by atoms with Gasteiger partial charge in [0.15, 0.2) is 0 Å². The third-order valence-electron chi connectivity index (χ3n) is 3.74. The molecule has 2 rings (SSSR count). The maximum Gasteiger partial charge on any atom is 0.220 e. The summed E-state index contributed by atoms with van der Waals surface area (Å²) in [6.07, 6.45) is 1.13. The van der Waals surface area contributed by atoms with Gasteiger partial charge in [0.25, 0.3) is 0 Å². The Morgan fingerprint density at radius 2 is 1.76 bits per heavy atom. The fraction of sp³-hybridized carbons (Fsp3) is 0.333. The number of rotatable bonds is 4. The Morgan fingerprint density at radius 3 is 2.32 bits per heavy atom. The number of hydrogen-bond acceptors (Lipinski definition) is 3. The van der Waals surface area contributed by atoms with Crippen LogP contribution in [0, 0.1) is 5.82 Å². The van der Waals surface area contributed by atoms with Gasteiger partial charge in [-0.3, -0.25) is 0 Å². The lowest BCUT2D eigenvalue weighted by Crippen LogP contribution is -2.17. The van der Waals surface area contributed by atoms with E-state index in [1.807, 2.05) is 20.8 Å². The predicted molar refractivity (Wildman–Crippen MR) is 104 cm³/mol. The number of nitrogens with zero attached hydrogens (tertiary/aromatic N) is 1. The number of sulfonamides is 1. The Labute approximate surface area is 158 Å². The standard InChI is InChI=1S/C18H21ClFNO2S2/c1-18(2,3)15-8-6-7-13(17(15)20)14-11-12(9-10-16(14)19)24-21(4)25(5,22)23/h6-11H,1-5H3. The molecule has 0 atom stereocenters. The van der Waals surface area contributed by atoms with Crippen molar-refractivity contribution in [1.82, 2.24) is 3.71 Å². The summed E-state index contributed by atoms with van der Waals surface area (Å²) in [7, 11) is -1.87. The highest BCUT2D eigenvalue weighted by atomic mass is 35.5. The molecule has 7 heteroatoms. The molecule has 3 nitrogen and oxygen atoms in total. The van der Waals surface area contributed by atoms with Gasteiger partial charge in [-0.2, -0.15) is 0 Å². The van der Waals surface area contributed by atoms with Gasteiger partial charge in [0.2, 0.25) is 10.0 Å². The molecule has 136 valence electrons. The van der Waals surface area contributed by atoms with Crippen molar-refractivity contribution < 1.29 is 12.8 Å². The summed E-state index contributed by atoms with van der Waals surface area (Å²) in [5, 5.41) is 0.413. The fourth-order valence-corrected chi connectivity index (χ4v) is 3.92. The molecule has 0 spiro atoms. The SMILES string of the molecule is CN(Sc1ccc(Cl)c(-c2cccc(C(C)(C)C)c2F)c1)S(C)(=O)=O. The van der Waals surface area contributed by atoms with Gasteiger partial charge in [-0.25, -0.2) is 12.8 Å². The average Bonchev–Trinajstić information content (AvgIpc) is 2.47. The predicted octanol–water partition coefficient (Wildman–Crippen LogP) is 5.34. The maximum atomic E-state index is 15.0. The highest BCUT2D eigenvalue weighted by molar-refractivity contribution is 8.08. The Hall–Kier alpha value is -1.08. The van der Waals surface area contributed by atoms with E-state index >= 15 is 4.39 Å². The van der Waals surface area contributed by atoms with E-state index in [0.29, 0.717) is 26.6 Å². The molecule has 25 heavy (non-hydrogen) atoms. The van der Waals surface area contributed by atoms with Crippen molar-refractivity contribution in [3.05, 3.63) is 52.8 Å². The molecule has 0 fully saturated rings. The summed E-state index contributed by atoms with van der Waals surface area (Å²) < 4.78 is 39.4. The van der Waals surface area contributed by atoms with E-state index in [4.69, 9.17) is 11.6 Å². The highest BCUT2D eigenvalue weighted by Crippen LogP contribution is 2.37. The zero-order valence-corrected chi connectivity index (χ0v) is 17.2. The van der Waals surface area contributed by atoms with Crippen LogP contribution in [0.3, 0.4) is 0 Å². The third-order valence-corrected chi connectivity index (χ3v) is 6.76. The van der Waals surface area contributed by atoms with Crippen LogP contribution in [0.5, 0.6) is 0 Å². The van der Waals surface area contributed by atoms with Crippen LogP contribution in [0.25, 0.3) is 11.1 Å². The second-order valence-electron chi connectivity index (χ2n) is 6.82. The van der Waals surface area contributed by atoms with Crippen LogP contribution in [0.4, 0.5) is 4.39 Å². The van der Waals surface area contributed by atoms with E-state index in [1.165, 1.54) is 7.05 Å². The van der Waals surface area contributed by atoms with Crippen molar-refractivity contribution in [3.63, 3.8) is 0 Å². The van der Waals surface area contributed by atoms with E-state index in [1.54, 1.807) is 36.4 Å². The summed E-state index contributed by atoms with van der Waals surface area (Å²) in [5.74, 6) is -0.310. The van der Waals surface area contributed by atoms with Crippen LogP contribution in [0.1, 0.15) is 26.3 Å². The maximum absolute atomic E-state index is 15.0. The minimum absolute atomic E-state index is 0.310.